The number of allylic oxidation sites excluding steroid dienone is 1. The lowest BCUT2D eigenvalue weighted by Gasteiger charge is -2.04. The molecule has 0 fully saturated rings. The van der Waals surface area contributed by atoms with Gasteiger partial charge in [0.25, 0.3) is 0 Å². The Morgan fingerprint density at radius 2 is 1.90 bits per heavy atom. The second-order valence-corrected chi connectivity index (χ2v) is 5.07. The van der Waals surface area contributed by atoms with Crippen molar-refractivity contribution in [1.82, 2.24) is 0 Å². The zero-order valence-electron chi connectivity index (χ0n) is 11.1. The van der Waals surface area contributed by atoms with E-state index in [2.05, 4.69) is 0 Å². The van der Waals surface area contributed by atoms with Crippen molar-refractivity contribution in [3.8, 4) is 11.5 Å². The van der Waals surface area contributed by atoms with Gasteiger partial charge in [0.05, 0.1) is 22.7 Å². The standard InChI is InChI=1S/C16H12Cl2O3/c1-21-11-4-5-12(16(20)9-11)15(19)7-3-10-2-6-13(17)14(18)8-10/h2-9,20H,1H3/b7-3+. The molecule has 21 heavy (non-hydrogen) atoms. The third-order valence-electron chi connectivity index (χ3n) is 2.84. The lowest BCUT2D eigenvalue weighted by atomic mass is 10.1. The van der Waals surface area contributed by atoms with E-state index in [0.717, 1.165) is 5.56 Å². The molecule has 0 unspecified atom stereocenters. The summed E-state index contributed by atoms with van der Waals surface area (Å²) in [4.78, 5) is 12.0. The molecule has 5 heteroatoms. The fourth-order valence-electron chi connectivity index (χ4n) is 1.72. The average Bonchev–Trinajstić information content (AvgIpc) is 2.48. The molecule has 0 bridgehead atoms. The third-order valence-corrected chi connectivity index (χ3v) is 3.58. The smallest absolute Gasteiger partial charge is 0.189 e. The number of hydrogen-bond donors (Lipinski definition) is 1. The molecular weight excluding hydrogens is 311 g/mol. The zero-order valence-corrected chi connectivity index (χ0v) is 12.7. The van der Waals surface area contributed by atoms with Crippen molar-refractivity contribution >= 4 is 35.1 Å². The van der Waals surface area contributed by atoms with E-state index in [1.165, 1.54) is 25.3 Å². The number of methoxy groups -OCH3 is 1. The van der Waals surface area contributed by atoms with E-state index in [-0.39, 0.29) is 17.1 Å². The molecule has 0 aromatic heterocycles. The topological polar surface area (TPSA) is 46.5 Å². The van der Waals surface area contributed by atoms with Gasteiger partial charge in [-0.3, -0.25) is 4.79 Å². The molecule has 0 radical (unpaired) electrons. The highest BCUT2D eigenvalue weighted by molar-refractivity contribution is 6.42. The highest BCUT2D eigenvalue weighted by Crippen LogP contribution is 2.25. The Hall–Kier alpha value is -1.97. The molecule has 0 heterocycles. The van der Waals surface area contributed by atoms with Gasteiger partial charge >= 0.3 is 0 Å². The van der Waals surface area contributed by atoms with E-state index in [0.29, 0.717) is 15.8 Å². The molecule has 2 aromatic rings. The van der Waals surface area contributed by atoms with E-state index in [1.54, 1.807) is 30.3 Å². The first kappa shape index (κ1) is 15.4. The maximum Gasteiger partial charge on any atom is 0.189 e. The van der Waals surface area contributed by atoms with Gasteiger partial charge in [0.2, 0.25) is 0 Å². The Balaban J connectivity index is 2.20. The van der Waals surface area contributed by atoms with Crippen molar-refractivity contribution in [1.29, 1.82) is 0 Å². The maximum absolute atomic E-state index is 12.0. The number of carbonyl (C=O) groups excluding carboxylic acids is 1. The quantitative estimate of drug-likeness (QED) is 0.660. The monoisotopic (exact) mass is 322 g/mol. The average molecular weight is 323 g/mol. The van der Waals surface area contributed by atoms with Gasteiger partial charge in [-0.2, -0.15) is 0 Å². The number of hydrogen-bond acceptors (Lipinski definition) is 3. The van der Waals surface area contributed by atoms with Crippen LogP contribution in [0.3, 0.4) is 0 Å². The number of carbonyl (C=O) groups is 1. The summed E-state index contributed by atoms with van der Waals surface area (Å²) in [6.45, 7) is 0. The Kier molecular flexibility index (Phi) is 4.89. The summed E-state index contributed by atoms with van der Waals surface area (Å²) < 4.78 is 4.97. The molecule has 0 saturated heterocycles. The number of rotatable bonds is 4. The SMILES string of the molecule is COc1ccc(C(=O)/C=C/c2ccc(Cl)c(Cl)c2)c(O)c1. The summed E-state index contributed by atoms with van der Waals surface area (Å²) >= 11 is 11.7. The van der Waals surface area contributed by atoms with E-state index in [9.17, 15) is 9.90 Å². The van der Waals surface area contributed by atoms with Crippen molar-refractivity contribution in [3.05, 3.63) is 63.6 Å². The van der Waals surface area contributed by atoms with Crippen LogP contribution in [0, 0.1) is 0 Å². The van der Waals surface area contributed by atoms with Crippen molar-refractivity contribution < 1.29 is 14.6 Å². The van der Waals surface area contributed by atoms with Crippen LogP contribution in [0.15, 0.2) is 42.5 Å². The molecule has 0 saturated carbocycles. The van der Waals surface area contributed by atoms with Gasteiger partial charge in [-0.05, 0) is 35.9 Å². The van der Waals surface area contributed by atoms with Crippen molar-refractivity contribution in [3.63, 3.8) is 0 Å². The van der Waals surface area contributed by atoms with E-state index in [1.807, 2.05) is 0 Å². The molecule has 1 N–H and O–H groups in total. The van der Waals surface area contributed by atoms with Gasteiger partial charge in [0.15, 0.2) is 5.78 Å². The minimum atomic E-state index is -0.318. The predicted octanol–water partition coefficient (Wildman–Crippen LogP) is 4.60. The van der Waals surface area contributed by atoms with Gasteiger partial charge in [-0.1, -0.05) is 35.3 Å². The molecule has 0 amide bonds. The molecule has 0 aliphatic rings. The second kappa shape index (κ2) is 6.66. The molecule has 3 nitrogen and oxygen atoms in total. The van der Waals surface area contributed by atoms with E-state index < -0.39 is 0 Å². The van der Waals surface area contributed by atoms with Crippen LogP contribution in [0.4, 0.5) is 0 Å². The fraction of sp³-hybridized carbons (Fsp3) is 0.0625. The number of aromatic hydroxyl groups is 1. The fourth-order valence-corrected chi connectivity index (χ4v) is 2.03. The van der Waals surface area contributed by atoms with Crippen molar-refractivity contribution in [2.45, 2.75) is 0 Å². The maximum atomic E-state index is 12.0. The van der Waals surface area contributed by atoms with Gasteiger partial charge in [-0.25, -0.2) is 0 Å². The van der Waals surface area contributed by atoms with Crippen molar-refractivity contribution in [2.75, 3.05) is 7.11 Å². The highest BCUT2D eigenvalue weighted by atomic mass is 35.5. The molecule has 0 aliphatic carbocycles. The number of halogens is 2. The Bertz CT molecular complexity index is 709. The Morgan fingerprint density at radius 3 is 2.52 bits per heavy atom. The summed E-state index contributed by atoms with van der Waals surface area (Å²) in [5.41, 5.74) is 0.942. The zero-order chi connectivity index (χ0) is 15.4. The lowest BCUT2D eigenvalue weighted by Crippen LogP contribution is -1.95. The summed E-state index contributed by atoms with van der Waals surface area (Å²) in [6.07, 6.45) is 2.97. The van der Waals surface area contributed by atoms with Crippen molar-refractivity contribution in [2.24, 2.45) is 0 Å². The summed E-state index contributed by atoms with van der Waals surface area (Å²) in [6, 6.07) is 9.56. The largest absolute Gasteiger partial charge is 0.507 e. The van der Waals surface area contributed by atoms with Gasteiger partial charge < -0.3 is 9.84 Å². The summed E-state index contributed by atoms with van der Waals surface area (Å²) in [5, 5.41) is 10.7. The number of phenolic OH excluding ortho intramolecular Hbond substituents is 1. The van der Waals surface area contributed by atoms with Crippen LogP contribution >= 0.6 is 23.2 Å². The third kappa shape index (κ3) is 3.78. The molecule has 108 valence electrons. The van der Waals surface area contributed by atoms with E-state index in [4.69, 9.17) is 27.9 Å². The Morgan fingerprint density at radius 1 is 1.14 bits per heavy atom. The predicted molar refractivity (Wildman–Crippen MR) is 84.5 cm³/mol. The minimum absolute atomic E-state index is 0.127. The molecule has 2 rings (SSSR count). The van der Waals surface area contributed by atoms with Crippen LogP contribution in [0.2, 0.25) is 10.0 Å². The molecular formula is C16H12Cl2O3. The van der Waals surface area contributed by atoms with Crippen LogP contribution in [0.1, 0.15) is 15.9 Å². The van der Waals surface area contributed by atoms with Crippen LogP contribution in [0.25, 0.3) is 6.08 Å². The first-order valence-electron chi connectivity index (χ1n) is 6.05. The molecule has 0 aliphatic heterocycles. The van der Waals surface area contributed by atoms with E-state index >= 15 is 0 Å². The second-order valence-electron chi connectivity index (χ2n) is 4.25. The minimum Gasteiger partial charge on any atom is -0.507 e. The van der Waals surface area contributed by atoms with Crippen LogP contribution in [0.5, 0.6) is 11.5 Å². The highest BCUT2D eigenvalue weighted by Gasteiger charge is 2.09. The lowest BCUT2D eigenvalue weighted by molar-refractivity contribution is 0.104. The number of phenols is 1. The first-order valence-corrected chi connectivity index (χ1v) is 6.81. The van der Waals surface area contributed by atoms with Gasteiger partial charge in [0, 0.05) is 6.07 Å². The molecule has 2 aromatic carbocycles. The summed E-state index contributed by atoms with van der Waals surface area (Å²) in [5.74, 6) is 0.0388. The van der Waals surface area contributed by atoms with Gasteiger partial charge in [-0.15, -0.1) is 0 Å². The Labute approximate surface area is 132 Å². The number of ether oxygens (including phenoxy) is 1. The normalized spacial score (nSPS) is 10.8. The van der Waals surface area contributed by atoms with Crippen LogP contribution in [-0.2, 0) is 0 Å². The number of benzene rings is 2. The van der Waals surface area contributed by atoms with Crippen LogP contribution in [-0.4, -0.2) is 18.0 Å². The molecule has 0 spiro atoms. The first-order chi connectivity index (χ1) is 10.0. The summed E-state index contributed by atoms with van der Waals surface area (Å²) in [7, 11) is 1.49. The number of ketones is 1. The van der Waals surface area contributed by atoms with Crippen LogP contribution < -0.4 is 4.74 Å². The van der Waals surface area contributed by atoms with Gasteiger partial charge in [0.1, 0.15) is 11.5 Å². The molecule has 0 atom stereocenters.